The van der Waals surface area contributed by atoms with E-state index in [9.17, 15) is 13.6 Å². The lowest BCUT2D eigenvalue weighted by atomic mass is 10.0. The molecule has 0 unspecified atom stereocenters. The number of amides is 1. The third-order valence-corrected chi connectivity index (χ3v) is 5.17. The van der Waals surface area contributed by atoms with E-state index < -0.39 is 17.5 Å². The van der Waals surface area contributed by atoms with Crippen molar-refractivity contribution in [3.63, 3.8) is 0 Å². The first-order valence-electron chi connectivity index (χ1n) is 12.2. The summed E-state index contributed by atoms with van der Waals surface area (Å²) in [5.74, 6) is -0.997. The number of H-pyrrole nitrogens is 1. The number of ether oxygens (including phenoxy) is 1. The van der Waals surface area contributed by atoms with E-state index in [0.29, 0.717) is 40.3 Å². The normalized spacial score (nSPS) is 11.1. The molecule has 1 aromatic heterocycles. The molecule has 2 aromatic carbocycles. The number of aromatic nitrogens is 2. The Kier molecular flexibility index (Phi) is 11.2. The maximum Gasteiger partial charge on any atom is 0.257 e. The standard InChI is InChI=1S/C26H28F2N4O2.C3H8/c1-6-23-20(25(32-31-23)30-26(33)18-8-7-9-19(13-18)34-5)10-16(4)24-21(27)11-17(12-22(24)28)14-29-15(2)3;1-3-2/h6-13,15,29H,1,14H2,2-5H3,(H2,30,31,32,33);3H2,1-2H3/b16-10+;. The topological polar surface area (TPSA) is 79.0 Å². The van der Waals surface area contributed by atoms with Gasteiger partial charge in [0.1, 0.15) is 17.4 Å². The Balaban J connectivity index is 0.00000153. The average Bonchev–Trinajstić information content (AvgIpc) is 3.23. The van der Waals surface area contributed by atoms with Crippen LogP contribution < -0.4 is 15.4 Å². The molecule has 0 radical (unpaired) electrons. The number of anilines is 1. The summed E-state index contributed by atoms with van der Waals surface area (Å²) in [6, 6.07) is 9.49. The van der Waals surface area contributed by atoms with Crippen LogP contribution in [0.5, 0.6) is 5.75 Å². The zero-order valence-corrected chi connectivity index (χ0v) is 22.3. The number of methoxy groups -OCH3 is 1. The van der Waals surface area contributed by atoms with E-state index >= 15 is 0 Å². The molecule has 3 aromatic rings. The fraction of sp³-hybridized carbons (Fsp3) is 0.310. The van der Waals surface area contributed by atoms with Crippen molar-refractivity contribution in [3.05, 3.63) is 82.6 Å². The molecule has 0 saturated carbocycles. The first kappa shape index (κ1) is 29.5. The number of allylic oxidation sites excluding steroid dienone is 1. The van der Waals surface area contributed by atoms with Gasteiger partial charge in [0.2, 0.25) is 0 Å². The minimum atomic E-state index is -0.667. The van der Waals surface area contributed by atoms with Gasteiger partial charge in [-0.1, -0.05) is 46.8 Å². The van der Waals surface area contributed by atoms with Crippen molar-refractivity contribution < 1.29 is 18.3 Å². The Hall–Kier alpha value is -3.78. The van der Waals surface area contributed by atoms with Crippen LogP contribution in [0, 0.1) is 11.6 Å². The van der Waals surface area contributed by atoms with Crippen LogP contribution in [0.15, 0.2) is 43.0 Å². The highest BCUT2D eigenvalue weighted by atomic mass is 19.1. The summed E-state index contributed by atoms with van der Waals surface area (Å²) in [6.07, 6.45) is 4.33. The molecule has 37 heavy (non-hydrogen) atoms. The lowest BCUT2D eigenvalue weighted by molar-refractivity contribution is 0.102. The number of nitrogens with one attached hydrogen (secondary N) is 3. The van der Waals surface area contributed by atoms with Crippen molar-refractivity contribution in [2.45, 2.75) is 53.6 Å². The molecule has 1 amide bonds. The lowest BCUT2D eigenvalue weighted by Gasteiger charge is -2.12. The van der Waals surface area contributed by atoms with Crippen LogP contribution >= 0.6 is 0 Å². The first-order valence-corrected chi connectivity index (χ1v) is 12.2. The van der Waals surface area contributed by atoms with E-state index in [0.717, 1.165) is 0 Å². The average molecular weight is 511 g/mol. The van der Waals surface area contributed by atoms with Crippen LogP contribution in [0.1, 0.15) is 73.8 Å². The van der Waals surface area contributed by atoms with Gasteiger partial charge in [-0.3, -0.25) is 9.89 Å². The van der Waals surface area contributed by atoms with Crippen LogP contribution in [-0.2, 0) is 6.54 Å². The third-order valence-electron chi connectivity index (χ3n) is 5.17. The molecular weight excluding hydrogens is 474 g/mol. The highest BCUT2D eigenvalue weighted by molar-refractivity contribution is 6.05. The smallest absolute Gasteiger partial charge is 0.257 e. The van der Waals surface area contributed by atoms with Crippen molar-refractivity contribution >= 4 is 29.5 Å². The van der Waals surface area contributed by atoms with Gasteiger partial charge in [0.15, 0.2) is 5.82 Å². The van der Waals surface area contributed by atoms with Crippen molar-refractivity contribution in [3.8, 4) is 5.75 Å². The van der Waals surface area contributed by atoms with Gasteiger partial charge in [-0.15, -0.1) is 0 Å². The summed E-state index contributed by atoms with van der Waals surface area (Å²) < 4.78 is 34.9. The number of nitrogens with zero attached hydrogens (tertiary/aromatic N) is 1. The molecule has 198 valence electrons. The molecule has 3 N–H and O–H groups in total. The molecule has 8 heteroatoms. The Morgan fingerprint density at radius 2 is 1.84 bits per heavy atom. The SMILES string of the molecule is C=Cc1[nH]nc(NC(=O)c2cccc(OC)c2)c1/C=C(\C)c1c(F)cc(CNC(C)C)cc1F.CCC. The summed E-state index contributed by atoms with van der Waals surface area (Å²) in [5.41, 5.74) is 2.03. The van der Waals surface area contributed by atoms with Crippen LogP contribution in [-0.4, -0.2) is 29.3 Å². The number of rotatable bonds is 9. The zero-order chi connectivity index (χ0) is 27.5. The Morgan fingerprint density at radius 1 is 1.19 bits per heavy atom. The summed E-state index contributed by atoms with van der Waals surface area (Å²) in [6.45, 7) is 13.9. The molecule has 6 nitrogen and oxygen atoms in total. The van der Waals surface area contributed by atoms with E-state index in [1.54, 1.807) is 37.3 Å². The fourth-order valence-corrected chi connectivity index (χ4v) is 3.42. The van der Waals surface area contributed by atoms with Gasteiger partial charge in [-0.25, -0.2) is 8.78 Å². The number of hydrogen-bond donors (Lipinski definition) is 3. The number of halogens is 2. The number of benzene rings is 2. The molecule has 0 atom stereocenters. The second-order valence-corrected chi connectivity index (χ2v) is 8.79. The molecular formula is C29H36F2N4O2. The zero-order valence-electron chi connectivity index (χ0n) is 22.3. The van der Waals surface area contributed by atoms with Crippen molar-refractivity contribution in [2.75, 3.05) is 12.4 Å². The number of carbonyl (C=O) groups is 1. The van der Waals surface area contributed by atoms with Crippen LogP contribution in [0.2, 0.25) is 0 Å². The second-order valence-electron chi connectivity index (χ2n) is 8.79. The maximum absolute atomic E-state index is 14.9. The van der Waals surface area contributed by atoms with Gasteiger partial charge < -0.3 is 15.4 Å². The number of hydrogen-bond acceptors (Lipinski definition) is 4. The van der Waals surface area contributed by atoms with Gasteiger partial charge >= 0.3 is 0 Å². The van der Waals surface area contributed by atoms with Gasteiger partial charge in [0, 0.05) is 29.3 Å². The molecule has 0 aliphatic carbocycles. The van der Waals surface area contributed by atoms with Gasteiger partial charge in [-0.05, 0) is 60.5 Å². The van der Waals surface area contributed by atoms with Gasteiger partial charge in [0.05, 0.1) is 12.8 Å². The molecule has 0 bridgehead atoms. The minimum absolute atomic E-state index is 0.144. The number of carbonyl (C=O) groups excluding carboxylic acids is 1. The largest absolute Gasteiger partial charge is 0.497 e. The van der Waals surface area contributed by atoms with E-state index in [1.165, 1.54) is 31.7 Å². The quantitative estimate of drug-likeness (QED) is 0.288. The third kappa shape index (κ3) is 8.11. The maximum atomic E-state index is 14.9. The molecule has 0 saturated heterocycles. The highest BCUT2D eigenvalue weighted by Gasteiger charge is 2.18. The van der Waals surface area contributed by atoms with Crippen molar-refractivity contribution in [1.29, 1.82) is 0 Å². The Morgan fingerprint density at radius 3 is 2.41 bits per heavy atom. The Bertz CT molecular complexity index is 1230. The Labute approximate surface area is 217 Å². The van der Waals surface area contributed by atoms with E-state index in [1.807, 2.05) is 13.8 Å². The fourth-order valence-electron chi connectivity index (χ4n) is 3.42. The van der Waals surface area contributed by atoms with Gasteiger partial charge in [-0.2, -0.15) is 5.10 Å². The van der Waals surface area contributed by atoms with Crippen molar-refractivity contribution in [2.24, 2.45) is 0 Å². The predicted octanol–water partition coefficient (Wildman–Crippen LogP) is 7.07. The molecule has 0 fully saturated rings. The number of aromatic amines is 1. The molecule has 0 aliphatic rings. The van der Waals surface area contributed by atoms with Crippen molar-refractivity contribution in [1.82, 2.24) is 15.5 Å². The van der Waals surface area contributed by atoms with E-state index in [-0.39, 0.29) is 17.4 Å². The lowest BCUT2D eigenvalue weighted by Crippen LogP contribution is -2.22. The van der Waals surface area contributed by atoms with Gasteiger partial charge in [0.25, 0.3) is 5.91 Å². The monoisotopic (exact) mass is 510 g/mol. The molecule has 0 aliphatic heterocycles. The van der Waals surface area contributed by atoms with E-state index in [4.69, 9.17) is 4.74 Å². The summed E-state index contributed by atoms with van der Waals surface area (Å²) in [5, 5.41) is 12.8. The molecule has 0 spiro atoms. The highest BCUT2D eigenvalue weighted by Crippen LogP contribution is 2.29. The van der Waals surface area contributed by atoms with Crippen LogP contribution in [0.3, 0.4) is 0 Å². The first-order chi connectivity index (χ1) is 17.6. The van der Waals surface area contributed by atoms with Crippen LogP contribution in [0.4, 0.5) is 14.6 Å². The van der Waals surface area contributed by atoms with Crippen LogP contribution in [0.25, 0.3) is 17.7 Å². The predicted molar refractivity (Wildman–Crippen MR) is 147 cm³/mol. The summed E-state index contributed by atoms with van der Waals surface area (Å²) >= 11 is 0. The summed E-state index contributed by atoms with van der Waals surface area (Å²) in [7, 11) is 1.51. The van der Waals surface area contributed by atoms with E-state index in [2.05, 4.69) is 41.3 Å². The summed E-state index contributed by atoms with van der Waals surface area (Å²) in [4.78, 5) is 12.7. The molecule has 3 rings (SSSR count). The minimum Gasteiger partial charge on any atom is -0.497 e. The second kappa shape index (κ2) is 14.1. The molecule has 1 heterocycles.